The number of nitrogens with two attached hydrogens (primary N) is 1. The van der Waals surface area contributed by atoms with Crippen molar-refractivity contribution in [1.82, 2.24) is 19.8 Å². The summed E-state index contributed by atoms with van der Waals surface area (Å²) in [5.74, 6) is 0.885. The van der Waals surface area contributed by atoms with Crippen molar-refractivity contribution < 1.29 is 0 Å². The first kappa shape index (κ1) is 11.6. The van der Waals surface area contributed by atoms with Gasteiger partial charge in [-0.15, -0.1) is 10.2 Å². The number of nitrogen functional groups attached to an aromatic ring is 1. The smallest absolute Gasteiger partial charge is 0.177 e. The lowest BCUT2D eigenvalue weighted by molar-refractivity contribution is 0.774. The number of benzene rings is 1. The van der Waals surface area contributed by atoms with Gasteiger partial charge in [-0.25, -0.2) is 0 Å². The number of nitrogens with zero attached hydrogens (tertiary/aromatic N) is 4. The van der Waals surface area contributed by atoms with E-state index < -0.39 is 0 Å². The third-order valence-electron chi connectivity index (χ3n) is 3.08. The van der Waals surface area contributed by atoms with Crippen molar-refractivity contribution in [2.24, 2.45) is 0 Å². The Morgan fingerprint density at radius 2 is 1.79 bits per heavy atom. The molecule has 0 aliphatic rings. The Morgan fingerprint density at radius 1 is 1.00 bits per heavy atom. The van der Waals surface area contributed by atoms with Crippen molar-refractivity contribution in [2.75, 3.05) is 5.73 Å². The Morgan fingerprint density at radius 3 is 2.58 bits per heavy atom. The summed E-state index contributed by atoms with van der Waals surface area (Å²) in [5.41, 5.74) is 9.44. The minimum absolute atomic E-state index is 0.786. The van der Waals surface area contributed by atoms with Crippen LogP contribution in [0.2, 0.25) is 0 Å². The summed E-state index contributed by atoms with van der Waals surface area (Å²) < 4.78 is 1.81. The minimum atomic E-state index is 0.786. The summed E-state index contributed by atoms with van der Waals surface area (Å²) in [5, 5.41) is 12.7. The maximum absolute atomic E-state index is 5.67. The van der Waals surface area contributed by atoms with Crippen LogP contribution in [-0.2, 0) is 12.8 Å². The van der Waals surface area contributed by atoms with Crippen LogP contribution in [0.3, 0.4) is 0 Å². The molecule has 0 saturated carbocycles. The topological polar surface area (TPSA) is 69.1 Å². The zero-order valence-corrected chi connectivity index (χ0v) is 10.7. The third-order valence-corrected chi connectivity index (χ3v) is 3.08. The highest BCUT2D eigenvalue weighted by atomic mass is 15.4. The van der Waals surface area contributed by atoms with E-state index in [4.69, 9.17) is 5.73 Å². The molecule has 3 aromatic rings. The quantitative estimate of drug-likeness (QED) is 0.723. The highest BCUT2D eigenvalue weighted by Gasteiger charge is 2.06. The van der Waals surface area contributed by atoms with Crippen molar-refractivity contribution in [3.8, 4) is 0 Å². The molecule has 0 saturated heterocycles. The lowest BCUT2D eigenvalue weighted by Crippen LogP contribution is -2.02. The summed E-state index contributed by atoms with van der Waals surface area (Å²) in [7, 11) is 0. The largest absolute Gasteiger partial charge is 0.399 e. The Balaban J connectivity index is 1.81. The minimum Gasteiger partial charge on any atom is -0.399 e. The number of aryl methyl sites for hydroxylation is 3. The van der Waals surface area contributed by atoms with Crippen LogP contribution in [-0.4, -0.2) is 19.8 Å². The molecule has 0 bridgehead atoms. The zero-order valence-electron chi connectivity index (χ0n) is 10.7. The SMILES string of the molecule is Cc1ccc2nnc(CCc3ccc(N)cc3)n2n1. The summed E-state index contributed by atoms with van der Waals surface area (Å²) in [4.78, 5) is 0. The molecular weight excluding hydrogens is 238 g/mol. The predicted octanol–water partition coefficient (Wildman–Crippen LogP) is 1.80. The molecule has 96 valence electrons. The normalized spacial score (nSPS) is 11.0. The van der Waals surface area contributed by atoms with Gasteiger partial charge in [0.1, 0.15) is 0 Å². The molecule has 0 amide bonds. The molecule has 0 fully saturated rings. The zero-order chi connectivity index (χ0) is 13.2. The lowest BCUT2D eigenvalue weighted by Gasteiger charge is -2.01. The average Bonchev–Trinajstić information content (AvgIpc) is 2.80. The maximum Gasteiger partial charge on any atom is 0.177 e. The summed E-state index contributed by atoms with van der Waals surface area (Å²) in [6.45, 7) is 1.96. The van der Waals surface area contributed by atoms with Gasteiger partial charge in [0.15, 0.2) is 11.5 Å². The van der Waals surface area contributed by atoms with Crippen LogP contribution < -0.4 is 5.73 Å². The molecule has 0 unspecified atom stereocenters. The molecule has 2 heterocycles. The van der Waals surface area contributed by atoms with Crippen molar-refractivity contribution in [3.05, 3.63) is 53.5 Å². The average molecular weight is 253 g/mol. The van der Waals surface area contributed by atoms with E-state index in [1.54, 1.807) is 0 Å². The molecule has 0 atom stereocenters. The van der Waals surface area contributed by atoms with Crippen LogP contribution >= 0.6 is 0 Å². The number of fused-ring (bicyclic) bond motifs is 1. The fourth-order valence-corrected chi connectivity index (χ4v) is 2.02. The molecule has 0 aliphatic carbocycles. The van der Waals surface area contributed by atoms with E-state index in [2.05, 4.69) is 15.3 Å². The van der Waals surface area contributed by atoms with Gasteiger partial charge in [0.2, 0.25) is 0 Å². The monoisotopic (exact) mass is 253 g/mol. The van der Waals surface area contributed by atoms with Crippen molar-refractivity contribution in [1.29, 1.82) is 0 Å². The van der Waals surface area contributed by atoms with Gasteiger partial charge in [-0.05, 0) is 43.2 Å². The van der Waals surface area contributed by atoms with E-state index in [1.807, 2.05) is 47.8 Å². The summed E-state index contributed by atoms with van der Waals surface area (Å²) in [6, 6.07) is 11.8. The number of hydrogen-bond donors (Lipinski definition) is 1. The van der Waals surface area contributed by atoms with Gasteiger partial charge in [-0.1, -0.05) is 12.1 Å². The first-order valence-corrected chi connectivity index (χ1v) is 6.25. The van der Waals surface area contributed by atoms with Crippen LogP contribution in [0.1, 0.15) is 17.1 Å². The van der Waals surface area contributed by atoms with E-state index in [1.165, 1.54) is 5.56 Å². The summed E-state index contributed by atoms with van der Waals surface area (Å²) in [6.07, 6.45) is 1.71. The van der Waals surface area contributed by atoms with Crippen molar-refractivity contribution in [3.63, 3.8) is 0 Å². The van der Waals surface area contributed by atoms with Gasteiger partial charge in [0.05, 0.1) is 5.69 Å². The Bertz CT molecular complexity index is 699. The Hall–Kier alpha value is -2.43. The fourth-order valence-electron chi connectivity index (χ4n) is 2.02. The number of aromatic nitrogens is 4. The Labute approximate surface area is 111 Å². The third kappa shape index (κ3) is 2.40. The highest BCUT2D eigenvalue weighted by molar-refractivity contribution is 5.39. The van der Waals surface area contributed by atoms with Crippen LogP contribution in [0.5, 0.6) is 0 Å². The van der Waals surface area contributed by atoms with E-state index in [-0.39, 0.29) is 0 Å². The van der Waals surface area contributed by atoms with Crippen LogP contribution in [0.4, 0.5) is 5.69 Å². The van der Waals surface area contributed by atoms with E-state index in [0.29, 0.717) is 0 Å². The second-order valence-electron chi connectivity index (χ2n) is 4.60. The molecule has 5 heteroatoms. The van der Waals surface area contributed by atoms with Gasteiger partial charge < -0.3 is 5.73 Å². The van der Waals surface area contributed by atoms with Crippen molar-refractivity contribution >= 4 is 11.3 Å². The molecular formula is C14H15N5. The molecule has 3 rings (SSSR count). The van der Waals surface area contributed by atoms with Crippen LogP contribution in [0.25, 0.3) is 5.65 Å². The molecule has 1 aromatic carbocycles. The van der Waals surface area contributed by atoms with Gasteiger partial charge in [0.25, 0.3) is 0 Å². The molecule has 0 spiro atoms. The second kappa shape index (κ2) is 4.68. The number of rotatable bonds is 3. The number of hydrogen-bond acceptors (Lipinski definition) is 4. The van der Waals surface area contributed by atoms with Gasteiger partial charge in [-0.3, -0.25) is 0 Å². The van der Waals surface area contributed by atoms with E-state index >= 15 is 0 Å². The molecule has 0 radical (unpaired) electrons. The fraction of sp³-hybridized carbons (Fsp3) is 0.214. The highest BCUT2D eigenvalue weighted by Crippen LogP contribution is 2.10. The second-order valence-corrected chi connectivity index (χ2v) is 4.60. The molecule has 5 nitrogen and oxygen atoms in total. The first-order chi connectivity index (χ1) is 9.22. The first-order valence-electron chi connectivity index (χ1n) is 6.25. The number of anilines is 1. The van der Waals surface area contributed by atoms with Gasteiger partial charge in [-0.2, -0.15) is 9.61 Å². The Kier molecular flexibility index (Phi) is 2.87. The van der Waals surface area contributed by atoms with E-state index in [9.17, 15) is 0 Å². The van der Waals surface area contributed by atoms with E-state index in [0.717, 1.165) is 35.7 Å². The van der Waals surface area contributed by atoms with Gasteiger partial charge in [0, 0.05) is 12.1 Å². The van der Waals surface area contributed by atoms with Crippen molar-refractivity contribution in [2.45, 2.75) is 19.8 Å². The van der Waals surface area contributed by atoms with Gasteiger partial charge >= 0.3 is 0 Å². The van der Waals surface area contributed by atoms with Crippen LogP contribution in [0.15, 0.2) is 36.4 Å². The predicted molar refractivity (Wildman–Crippen MR) is 73.8 cm³/mol. The standard InChI is InChI=1S/C14H15N5/c1-10-2-8-13-16-17-14(19(13)18-10)9-5-11-3-6-12(15)7-4-11/h2-4,6-8H,5,9,15H2,1H3. The molecule has 2 aromatic heterocycles. The lowest BCUT2D eigenvalue weighted by atomic mass is 10.1. The molecule has 19 heavy (non-hydrogen) atoms. The molecule has 0 aliphatic heterocycles. The molecule has 2 N–H and O–H groups in total. The summed E-state index contributed by atoms with van der Waals surface area (Å²) >= 11 is 0. The van der Waals surface area contributed by atoms with Crippen LogP contribution in [0, 0.1) is 6.92 Å². The maximum atomic E-state index is 5.67.